The van der Waals surface area contributed by atoms with Gasteiger partial charge in [-0.1, -0.05) is 0 Å². The SMILES string of the molecule is NNC(=O)C1=CN2CCSC2=CC1. The minimum Gasteiger partial charge on any atom is -0.342 e. The quantitative estimate of drug-likeness (QED) is 0.357. The van der Waals surface area contributed by atoms with Crippen molar-refractivity contribution in [3.05, 3.63) is 22.9 Å². The van der Waals surface area contributed by atoms with Gasteiger partial charge in [0.1, 0.15) is 0 Å². The summed E-state index contributed by atoms with van der Waals surface area (Å²) in [7, 11) is 0. The summed E-state index contributed by atoms with van der Waals surface area (Å²) in [4.78, 5) is 13.3. The Morgan fingerprint density at radius 3 is 3.31 bits per heavy atom. The van der Waals surface area contributed by atoms with Crippen molar-refractivity contribution in [3.8, 4) is 0 Å². The highest BCUT2D eigenvalue weighted by Gasteiger charge is 2.21. The van der Waals surface area contributed by atoms with E-state index in [1.807, 2.05) is 18.0 Å². The molecule has 3 N–H and O–H groups in total. The van der Waals surface area contributed by atoms with Crippen LogP contribution in [0.5, 0.6) is 0 Å². The number of thioether (sulfide) groups is 1. The van der Waals surface area contributed by atoms with Crippen molar-refractivity contribution in [2.24, 2.45) is 5.84 Å². The summed E-state index contributed by atoms with van der Waals surface area (Å²) in [5.74, 6) is 5.96. The van der Waals surface area contributed by atoms with Gasteiger partial charge in [0.05, 0.1) is 5.03 Å². The largest absolute Gasteiger partial charge is 0.342 e. The van der Waals surface area contributed by atoms with Crippen LogP contribution in [-0.4, -0.2) is 23.1 Å². The molecule has 5 heteroatoms. The number of rotatable bonds is 1. The monoisotopic (exact) mass is 197 g/mol. The number of hydrogen-bond donors (Lipinski definition) is 2. The van der Waals surface area contributed by atoms with Crippen molar-refractivity contribution in [1.82, 2.24) is 10.3 Å². The average molecular weight is 197 g/mol. The van der Waals surface area contributed by atoms with E-state index in [-0.39, 0.29) is 5.91 Å². The molecule has 0 aromatic carbocycles. The second kappa shape index (κ2) is 3.43. The maximum Gasteiger partial charge on any atom is 0.262 e. The highest BCUT2D eigenvalue weighted by molar-refractivity contribution is 8.03. The number of hydrazine groups is 1. The predicted molar refractivity (Wildman–Crippen MR) is 52.3 cm³/mol. The fourth-order valence-corrected chi connectivity index (χ4v) is 2.44. The summed E-state index contributed by atoms with van der Waals surface area (Å²) < 4.78 is 0. The summed E-state index contributed by atoms with van der Waals surface area (Å²) in [5, 5.41) is 1.26. The third-order valence-corrected chi connectivity index (χ3v) is 3.18. The van der Waals surface area contributed by atoms with Crippen molar-refractivity contribution >= 4 is 17.7 Å². The number of nitrogens with one attached hydrogen (secondary N) is 1. The lowest BCUT2D eigenvalue weighted by atomic mass is 10.1. The average Bonchev–Trinajstić information content (AvgIpc) is 2.63. The number of amides is 1. The molecular formula is C8H11N3OS. The Morgan fingerprint density at radius 1 is 1.69 bits per heavy atom. The topological polar surface area (TPSA) is 58.4 Å². The molecule has 2 aliphatic rings. The molecule has 0 aromatic rings. The number of nitrogens with two attached hydrogens (primary N) is 1. The molecule has 0 saturated carbocycles. The van der Waals surface area contributed by atoms with Crippen LogP contribution < -0.4 is 11.3 Å². The predicted octanol–water partition coefficient (Wildman–Crippen LogP) is 0.154. The van der Waals surface area contributed by atoms with Gasteiger partial charge in [-0.2, -0.15) is 0 Å². The zero-order chi connectivity index (χ0) is 9.26. The third kappa shape index (κ3) is 1.57. The Hall–Kier alpha value is -0.940. The first-order valence-corrected chi connectivity index (χ1v) is 5.11. The molecule has 13 heavy (non-hydrogen) atoms. The van der Waals surface area contributed by atoms with Gasteiger partial charge in [-0.25, -0.2) is 5.84 Å². The second-order valence-corrected chi connectivity index (χ2v) is 4.03. The van der Waals surface area contributed by atoms with Gasteiger partial charge in [0.15, 0.2) is 0 Å². The minimum absolute atomic E-state index is 0.188. The fourth-order valence-electron chi connectivity index (χ4n) is 1.43. The van der Waals surface area contributed by atoms with Gasteiger partial charge in [0, 0.05) is 30.5 Å². The van der Waals surface area contributed by atoms with Gasteiger partial charge in [-0.05, 0) is 6.08 Å². The van der Waals surface area contributed by atoms with Crippen molar-refractivity contribution in [3.63, 3.8) is 0 Å². The van der Waals surface area contributed by atoms with E-state index in [1.165, 1.54) is 5.03 Å². The zero-order valence-electron chi connectivity index (χ0n) is 7.12. The van der Waals surface area contributed by atoms with Gasteiger partial charge >= 0.3 is 0 Å². The molecule has 1 saturated heterocycles. The molecule has 0 aliphatic carbocycles. The molecule has 2 aliphatic heterocycles. The summed E-state index contributed by atoms with van der Waals surface area (Å²) >= 11 is 1.83. The fraction of sp³-hybridized carbons (Fsp3) is 0.375. The van der Waals surface area contributed by atoms with E-state index < -0.39 is 0 Å². The zero-order valence-corrected chi connectivity index (χ0v) is 7.93. The number of carbonyl (C=O) groups is 1. The Bertz CT molecular complexity index is 298. The molecule has 0 aromatic heterocycles. The molecule has 2 rings (SSSR count). The molecule has 4 nitrogen and oxygen atoms in total. The minimum atomic E-state index is -0.188. The molecule has 1 amide bonds. The van der Waals surface area contributed by atoms with Crippen LogP contribution in [0.4, 0.5) is 0 Å². The van der Waals surface area contributed by atoms with Gasteiger partial charge in [-0.3, -0.25) is 10.2 Å². The van der Waals surface area contributed by atoms with E-state index in [4.69, 9.17) is 5.84 Å². The third-order valence-electron chi connectivity index (χ3n) is 2.10. The van der Waals surface area contributed by atoms with Crippen LogP contribution in [0.1, 0.15) is 6.42 Å². The van der Waals surface area contributed by atoms with Gasteiger partial charge in [-0.15, -0.1) is 11.8 Å². The van der Waals surface area contributed by atoms with Gasteiger partial charge < -0.3 is 4.90 Å². The van der Waals surface area contributed by atoms with Crippen molar-refractivity contribution in [2.75, 3.05) is 12.3 Å². The highest BCUT2D eigenvalue weighted by atomic mass is 32.2. The molecule has 1 fully saturated rings. The maximum atomic E-state index is 11.2. The van der Waals surface area contributed by atoms with E-state index in [1.54, 1.807) is 0 Å². The van der Waals surface area contributed by atoms with E-state index in [2.05, 4.69) is 16.4 Å². The number of allylic oxidation sites excluding steroid dienone is 1. The van der Waals surface area contributed by atoms with Crippen LogP contribution in [-0.2, 0) is 4.79 Å². The number of hydrogen-bond acceptors (Lipinski definition) is 4. The Morgan fingerprint density at radius 2 is 2.54 bits per heavy atom. The molecule has 0 spiro atoms. The lowest BCUT2D eigenvalue weighted by Gasteiger charge is -2.19. The Kier molecular flexibility index (Phi) is 2.28. The summed E-state index contributed by atoms with van der Waals surface area (Å²) in [6, 6.07) is 0. The van der Waals surface area contributed by atoms with Crippen LogP contribution in [0.3, 0.4) is 0 Å². The maximum absolute atomic E-state index is 11.2. The van der Waals surface area contributed by atoms with Crippen LogP contribution in [0.2, 0.25) is 0 Å². The molecule has 0 unspecified atom stereocenters. The highest BCUT2D eigenvalue weighted by Crippen LogP contribution is 2.32. The van der Waals surface area contributed by atoms with Gasteiger partial charge in [0.2, 0.25) is 0 Å². The Labute approximate surface area is 80.8 Å². The molecule has 70 valence electrons. The van der Waals surface area contributed by atoms with Crippen LogP contribution in [0.15, 0.2) is 22.9 Å². The lowest BCUT2D eigenvalue weighted by molar-refractivity contribution is -0.117. The first kappa shape index (κ1) is 8.65. The van der Waals surface area contributed by atoms with Crippen LogP contribution in [0, 0.1) is 0 Å². The first-order chi connectivity index (χ1) is 6.31. The summed E-state index contributed by atoms with van der Waals surface area (Å²) in [6.45, 7) is 0.984. The van der Waals surface area contributed by atoms with Crippen molar-refractivity contribution in [1.29, 1.82) is 0 Å². The summed E-state index contributed by atoms with van der Waals surface area (Å²) in [5.41, 5.74) is 2.87. The van der Waals surface area contributed by atoms with Crippen LogP contribution in [0.25, 0.3) is 0 Å². The molecule has 2 heterocycles. The molecule has 0 radical (unpaired) electrons. The molecular weight excluding hydrogens is 186 g/mol. The van der Waals surface area contributed by atoms with E-state index in [0.717, 1.165) is 17.9 Å². The summed E-state index contributed by atoms with van der Waals surface area (Å²) in [6.07, 6.45) is 4.64. The second-order valence-electron chi connectivity index (χ2n) is 2.92. The molecule has 0 bridgehead atoms. The molecule has 0 atom stereocenters. The van der Waals surface area contributed by atoms with E-state index in [9.17, 15) is 4.79 Å². The standard InChI is InChI=1S/C8H11N3OS/c9-10-8(12)6-1-2-7-11(5-6)3-4-13-7/h2,5H,1,3-4,9H2,(H,10,12). The van der Waals surface area contributed by atoms with Crippen molar-refractivity contribution < 1.29 is 4.79 Å². The normalized spacial score (nSPS) is 20.5. The number of fused-ring (bicyclic) bond motifs is 1. The van der Waals surface area contributed by atoms with E-state index >= 15 is 0 Å². The van der Waals surface area contributed by atoms with Crippen molar-refractivity contribution in [2.45, 2.75) is 6.42 Å². The first-order valence-electron chi connectivity index (χ1n) is 4.12. The van der Waals surface area contributed by atoms with E-state index in [0.29, 0.717) is 6.42 Å². The van der Waals surface area contributed by atoms with Crippen LogP contribution >= 0.6 is 11.8 Å². The number of nitrogens with zero attached hydrogens (tertiary/aromatic N) is 1. The smallest absolute Gasteiger partial charge is 0.262 e. The number of carbonyl (C=O) groups excluding carboxylic acids is 1. The lowest BCUT2D eigenvalue weighted by Crippen LogP contribution is -2.33. The Balaban J connectivity index is 2.14. The van der Waals surface area contributed by atoms with Gasteiger partial charge in [0.25, 0.3) is 5.91 Å².